The fourth-order valence-corrected chi connectivity index (χ4v) is 5.91. The van der Waals surface area contributed by atoms with Crippen LogP contribution in [0, 0.1) is 17.8 Å². The van der Waals surface area contributed by atoms with Crippen LogP contribution in [0.2, 0.25) is 0 Å². The van der Waals surface area contributed by atoms with Crippen molar-refractivity contribution in [3.63, 3.8) is 0 Å². The molecule has 2 aliphatic heterocycles. The van der Waals surface area contributed by atoms with Gasteiger partial charge in [-0.05, 0) is 66.3 Å². The van der Waals surface area contributed by atoms with Crippen LogP contribution in [0.1, 0.15) is 55.5 Å². The molecule has 0 radical (unpaired) electrons. The third-order valence-corrected chi connectivity index (χ3v) is 7.72. The van der Waals surface area contributed by atoms with Crippen LogP contribution in [-0.4, -0.2) is 51.9 Å². The van der Waals surface area contributed by atoms with Crippen LogP contribution < -0.4 is 19.9 Å². The molecule has 1 fully saturated rings. The second kappa shape index (κ2) is 11.5. The molecule has 0 aromatic heterocycles. The number of fused-ring (bicyclic) bond motifs is 3. The number of carbonyl (C=O) groups is 1. The van der Waals surface area contributed by atoms with Crippen molar-refractivity contribution in [2.45, 2.75) is 45.2 Å². The zero-order chi connectivity index (χ0) is 25.8. The first-order valence-electron chi connectivity index (χ1n) is 12.9. The van der Waals surface area contributed by atoms with Crippen LogP contribution in [0.4, 0.5) is 0 Å². The average Bonchev–Trinajstić information content (AvgIpc) is 2.89. The van der Waals surface area contributed by atoms with Gasteiger partial charge in [0, 0.05) is 24.7 Å². The standard InChI is InChI=1S/C29H40N2O5/c1-18(2)12-20-16-31-11-10-19-14-26(34-4)27(35-5)15-23(19)24(31)13-21(20)17-36-29(32)28(30)22-8-6-7-9-25(22)33-3/h6-9,14-15,18,20-21,24,28H,10-13,16-17,30H2,1-5H3/t20-,21+,24-,28?/m1/s1. The van der Waals surface area contributed by atoms with Crippen molar-refractivity contribution >= 4 is 5.97 Å². The molecule has 2 aromatic carbocycles. The molecule has 2 N–H and O–H groups in total. The predicted molar refractivity (Wildman–Crippen MR) is 139 cm³/mol. The Kier molecular flexibility index (Phi) is 8.42. The van der Waals surface area contributed by atoms with Crippen molar-refractivity contribution in [2.75, 3.05) is 41.0 Å². The van der Waals surface area contributed by atoms with Gasteiger partial charge in [-0.2, -0.15) is 0 Å². The molecule has 7 heteroatoms. The van der Waals surface area contributed by atoms with Crippen molar-refractivity contribution in [1.82, 2.24) is 4.90 Å². The molecule has 7 nitrogen and oxygen atoms in total. The van der Waals surface area contributed by atoms with Crippen LogP contribution in [0.3, 0.4) is 0 Å². The minimum Gasteiger partial charge on any atom is -0.496 e. The number of para-hydroxylation sites is 1. The van der Waals surface area contributed by atoms with Crippen LogP contribution in [0.15, 0.2) is 36.4 Å². The molecule has 2 aromatic rings. The molecule has 196 valence electrons. The second-order valence-corrected chi connectivity index (χ2v) is 10.4. The predicted octanol–water partition coefficient (Wildman–Crippen LogP) is 4.54. The van der Waals surface area contributed by atoms with Gasteiger partial charge in [-0.15, -0.1) is 0 Å². The highest BCUT2D eigenvalue weighted by molar-refractivity contribution is 5.78. The zero-order valence-corrected chi connectivity index (χ0v) is 22.2. The van der Waals surface area contributed by atoms with E-state index in [4.69, 9.17) is 24.7 Å². The Balaban J connectivity index is 1.53. The number of piperidine rings is 1. The van der Waals surface area contributed by atoms with Crippen molar-refractivity contribution in [1.29, 1.82) is 0 Å². The minimum atomic E-state index is -0.878. The number of benzene rings is 2. The third-order valence-electron chi connectivity index (χ3n) is 7.72. The molecule has 1 saturated heterocycles. The van der Waals surface area contributed by atoms with E-state index >= 15 is 0 Å². The summed E-state index contributed by atoms with van der Waals surface area (Å²) >= 11 is 0. The monoisotopic (exact) mass is 496 g/mol. The summed E-state index contributed by atoms with van der Waals surface area (Å²) in [5.74, 6) is 2.99. The van der Waals surface area contributed by atoms with Crippen molar-refractivity contribution < 1.29 is 23.7 Å². The van der Waals surface area contributed by atoms with Crippen molar-refractivity contribution in [3.8, 4) is 17.2 Å². The maximum absolute atomic E-state index is 13.0. The smallest absolute Gasteiger partial charge is 0.327 e. The fraction of sp³-hybridized carbons (Fsp3) is 0.552. The second-order valence-electron chi connectivity index (χ2n) is 10.4. The van der Waals surface area contributed by atoms with E-state index in [9.17, 15) is 4.79 Å². The fourth-order valence-electron chi connectivity index (χ4n) is 5.91. The van der Waals surface area contributed by atoms with Gasteiger partial charge < -0.3 is 24.7 Å². The number of esters is 1. The summed E-state index contributed by atoms with van der Waals surface area (Å²) in [6.45, 7) is 6.90. The summed E-state index contributed by atoms with van der Waals surface area (Å²) in [7, 11) is 4.93. The van der Waals surface area contributed by atoms with E-state index in [1.54, 1.807) is 27.4 Å². The third kappa shape index (κ3) is 5.47. The normalized spacial score (nSPS) is 22.4. The Morgan fingerprint density at radius 3 is 2.42 bits per heavy atom. The number of nitrogens with zero attached hydrogens (tertiary/aromatic N) is 1. The summed E-state index contributed by atoms with van der Waals surface area (Å²) in [6.07, 6.45) is 3.02. The summed E-state index contributed by atoms with van der Waals surface area (Å²) < 4.78 is 22.4. The van der Waals surface area contributed by atoms with Gasteiger partial charge in [-0.1, -0.05) is 32.0 Å². The molecular formula is C29H40N2O5. The number of ether oxygens (including phenoxy) is 4. The largest absolute Gasteiger partial charge is 0.496 e. The summed E-state index contributed by atoms with van der Waals surface area (Å²) in [4.78, 5) is 15.6. The number of hydrogen-bond acceptors (Lipinski definition) is 7. The molecule has 0 aliphatic carbocycles. The first-order chi connectivity index (χ1) is 17.4. The number of rotatable bonds is 9. The van der Waals surface area contributed by atoms with Gasteiger partial charge >= 0.3 is 5.97 Å². The average molecular weight is 497 g/mol. The maximum Gasteiger partial charge on any atom is 0.327 e. The zero-order valence-electron chi connectivity index (χ0n) is 22.2. The number of carbonyl (C=O) groups excluding carboxylic acids is 1. The quantitative estimate of drug-likeness (QED) is 0.511. The lowest BCUT2D eigenvalue weighted by molar-refractivity contribution is -0.148. The van der Waals surface area contributed by atoms with Crippen molar-refractivity contribution in [3.05, 3.63) is 53.1 Å². The number of hydrogen-bond donors (Lipinski definition) is 1. The molecular weight excluding hydrogens is 456 g/mol. The Morgan fingerprint density at radius 2 is 1.72 bits per heavy atom. The van der Waals surface area contributed by atoms with Gasteiger partial charge in [0.1, 0.15) is 11.8 Å². The molecule has 0 bridgehead atoms. The highest BCUT2D eigenvalue weighted by Gasteiger charge is 2.40. The Hall–Kier alpha value is -2.77. The minimum absolute atomic E-state index is 0.251. The van der Waals surface area contributed by atoms with Crippen molar-refractivity contribution in [2.24, 2.45) is 23.5 Å². The summed E-state index contributed by atoms with van der Waals surface area (Å²) in [6, 6.07) is 11.0. The van der Waals surface area contributed by atoms with E-state index in [-0.39, 0.29) is 12.0 Å². The van der Waals surface area contributed by atoms with Gasteiger partial charge in [0.25, 0.3) is 0 Å². The molecule has 2 heterocycles. The van der Waals surface area contributed by atoms with Gasteiger partial charge in [0.05, 0.1) is 27.9 Å². The van der Waals surface area contributed by atoms with E-state index in [1.807, 2.05) is 18.2 Å². The molecule has 0 amide bonds. The summed E-state index contributed by atoms with van der Waals surface area (Å²) in [5, 5.41) is 0. The first-order valence-corrected chi connectivity index (χ1v) is 12.9. The summed E-state index contributed by atoms with van der Waals surface area (Å²) in [5.41, 5.74) is 9.53. The van der Waals surface area contributed by atoms with Crippen LogP contribution in [0.25, 0.3) is 0 Å². The lowest BCUT2D eigenvalue weighted by Gasteiger charge is -2.47. The molecule has 0 spiro atoms. The molecule has 0 saturated carbocycles. The highest BCUT2D eigenvalue weighted by atomic mass is 16.5. The van der Waals surface area contributed by atoms with E-state index in [0.29, 0.717) is 29.8 Å². The highest BCUT2D eigenvalue weighted by Crippen LogP contribution is 2.45. The Bertz CT molecular complexity index is 1060. The Morgan fingerprint density at radius 1 is 1.03 bits per heavy atom. The molecule has 2 aliphatic rings. The topological polar surface area (TPSA) is 83.2 Å². The van der Waals surface area contributed by atoms with Gasteiger partial charge in [0.2, 0.25) is 0 Å². The van der Waals surface area contributed by atoms with E-state index in [1.165, 1.54) is 11.1 Å². The van der Waals surface area contributed by atoms with Gasteiger partial charge in [-0.25, -0.2) is 4.79 Å². The van der Waals surface area contributed by atoms with Gasteiger partial charge in [0.15, 0.2) is 11.5 Å². The van der Waals surface area contributed by atoms with Crippen LogP contribution >= 0.6 is 0 Å². The maximum atomic E-state index is 13.0. The molecule has 36 heavy (non-hydrogen) atoms. The molecule has 4 rings (SSSR count). The lowest BCUT2D eigenvalue weighted by atomic mass is 9.74. The molecule has 1 unspecified atom stereocenters. The van der Waals surface area contributed by atoms with Crippen LogP contribution in [-0.2, 0) is 16.0 Å². The van der Waals surface area contributed by atoms with Gasteiger partial charge in [-0.3, -0.25) is 4.90 Å². The van der Waals surface area contributed by atoms with E-state index < -0.39 is 12.0 Å². The lowest BCUT2D eigenvalue weighted by Crippen LogP contribution is -2.47. The SMILES string of the molecule is COc1cc2c(cc1OC)[C@H]1C[C@@H](COC(=O)C(N)c3ccccc3OC)[C@H](CC(C)C)CN1CC2. The number of nitrogens with two attached hydrogens (primary N) is 1. The van der Waals surface area contributed by atoms with E-state index in [0.717, 1.165) is 43.9 Å². The Labute approximate surface area is 214 Å². The number of methoxy groups -OCH3 is 3. The first kappa shape index (κ1) is 26.3. The van der Waals surface area contributed by atoms with Crippen LogP contribution in [0.5, 0.6) is 17.2 Å². The molecule has 4 atom stereocenters. The van der Waals surface area contributed by atoms with E-state index in [2.05, 4.69) is 30.9 Å².